The second kappa shape index (κ2) is 10.0. The van der Waals surface area contributed by atoms with Crippen LogP contribution in [0.25, 0.3) is 0 Å². The van der Waals surface area contributed by atoms with E-state index in [1.807, 2.05) is 0 Å². The van der Waals surface area contributed by atoms with Crippen molar-refractivity contribution < 1.29 is 39.9 Å². The van der Waals surface area contributed by atoms with Crippen molar-refractivity contribution in [3.8, 4) is 0 Å². The van der Waals surface area contributed by atoms with E-state index in [-0.39, 0.29) is 47.8 Å². The van der Waals surface area contributed by atoms with Gasteiger partial charge in [0.1, 0.15) is 11.4 Å². The summed E-state index contributed by atoms with van der Waals surface area (Å²) in [6.07, 6.45) is 2.64. The van der Waals surface area contributed by atoms with Gasteiger partial charge in [0.25, 0.3) is 0 Å². The average Bonchev–Trinajstić information content (AvgIpc) is 3.73. The highest BCUT2D eigenvalue weighted by Crippen LogP contribution is 2.58. The SMILES string of the molecule is NC(=O)C1C(O)C[C@@H]2C[C@@H]3CC4C(C5CCC(NC(=O)C6CC6)CC5)CCC(O)C4C(=O)C3C(O)[C@]2(O)C1O. The third kappa shape index (κ3) is 4.45. The number of nitrogens with two attached hydrogens (primary N) is 1. The predicted molar refractivity (Wildman–Crippen MR) is 137 cm³/mol. The Kier molecular flexibility index (Phi) is 7.10. The number of rotatable bonds is 4. The summed E-state index contributed by atoms with van der Waals surface area (Å²) in [7, 11) is 0. The molecule has 6 saturated carbocycles. The van der Waals surface area contributed by atoms with Crippen molar-refractivity contribution in [3.05, 3.63) is 0 Å². The van der Waals surface area contributed by atoms with Gasteiger partial charge in [-0.3, -0.25) is 14.4 Å². The van der Waals surface area contributed by atoms with E-state index in [1.54, 1.807) is 0 Å². The summed E-state index contributed by atoms with van der Waals surface area (Å²) in [5.41, 5.74) is 3.27. The quantitative estimate of drug-likeness (QED) is 0.247. The van der Waals surface area contributed by atoms with Crippen molar-refractivity contribution in [1.29, 1.82) is 0 Å². The summed E-state index contributed by atoms with van der Waals surface area (Å²) >= 11 is 0. The van der Waals surface area contributed by atoms with Crippen molar-refractivity contribution in [2.45, 2.75) is 107 Å². The van der Waals surface area contributed by atoms with Crippen molar-refractivity contribution in [2.75, 3.05) is 0 Å². The van der Waals surface area contributed by atoms with Gasteiger partial charge in [-0.1, -0.05) is 0 Å². The average molecular weight is 549 g/mol. The Bertz CT molecular complexity index is 996. The molecule has 6 aliphatic carbocycles. The number of ketones is 1. The van der Waals surface area contributed by atoms with Gasteiger partial charge in [0.05, 0.1) is 30.3 Å². The first kappa shape index (κ1) is 27.6. The largest absolute Gasteiger partial charge is 0.392 e. The number of amides is 2. The molecular weight excluding hydrogens is 504 g/mol. The van der Waals surface area contributed by atoms with Crippen LogP contribution in [-0.4, -0.2) is 79.2 Å². The molecule has 6 rings (SSSR count). The molecule has 10 nitrogen and oxygen atoms in total. The maximum Gasteiger partial charge on any atom is 0.225 e. The number of carbonyl (C=O) groups excluding carboxylic acids is 3. The van der Waals surface area contributed by atoms with E-state index >= 15 is 0 Å². The molecule has 0 aliphatic heterocycles. The van der Waals surface area contributed by atoms with Crippen LogP contribution < -0.4 is 11.1 Å². The third-order valence-corrected chi connectivity index (χ3v) is 11.8. The number of nitrogens with one attached hydrogen (secondary N) is 1. The van der Waals surface area contributed by atoms with Crippen LogP contribution in [0.3, 0.4) is 0 Å². The van der Waals surface area contributed by atoms with Gasteiger partial charge in [-0.15, -0.1) is 0 Å². The molecule has 0 radical (unpaired) electrons. The van der Waals surface area contributed by atoms with Crippen LogP contribution in [0.15, 0.2) is 0 Å². The van der Waals surface area contributed by atoms with Crippen molar-refractivity contribution in [2.24, 2.45) is 59.0 Å². The van der Waals surface area contributed by atoms with Crippen LogP contribution in [0.4, 0.5) is 0 Å². The van der Waals surface area contributed by atoms with Gasteiger partial charge < -0.3 is 36.6 Å². The van der Waals surface area contributed by atoms with E-state index < -0.39 is 59.6 Å². The molecule has 218 valence electrons. The minimum atomic E-state index is -2.13. The fourth-order valence-electron chi connectivity index (χ4n) is 9.65. The zero-order valence-corrected chi connectivity index (χ0v) is 22.4. The van der Waals surface area contributed by atoms with E-state index in [1.165, 1.54) is 0 Å². The minimum Gasteiger partial charge on any atom is -0.392 e. The molecule has 0 heterocycles. The summed E-state index contributed by atoms with van der Waals surface area (Å²) in [6, 6.07) is 0.205. The molecule has 0 spiro atoms. The smallest absolute Gasteiger partial charge is 0.225 e. The zero-order chi connectivity index (χ0) is 27.8. The molecule has 8 N–H and O–H groups in total. The number of carbonyl (C=O) groups is 3. The molecule has 0 saturated heterocycles. The van der Waals surface area contributed by atoms with Gasteiger partial charge in [-0.2, -0.15) is 0 Å². The molecule has 0 aromatic carbocycles. The molecule has 10 heteroatoms. The highest BCUT2D eigenvalue weighted by molar-refractivity contribution is 5.87. The second-order valence-electron chi connectivity index (χ2n) is 13.8. The second-order valence-corrected chi connectivity index (χ2v) is 13.8. The molecule has 2 amide bonds. The van der Waals surface area contributed by atoms with E-state index in [0.717, 1.165) is 44.9 Å². The van der Waals surface area contributed by atoms with Crippen LogP contribution in [0.1, 0.15) is 70.6 Å². The molecule has 0 bridgehead atoms. The number of aliphatic hydroxyl groups is 5. The summed E-state index contributed by atoms with van der Waals surface area (Å²) in [5, 5.41) is 58.8. The molecule has 39 heavy (non-hydrogen) atoms. The fourth-order valence-corrected chi connectivity index (χ4v) is 9.65. The maximum absolute atomic E-state index is 14.0. The van der Waals surface area contributed by atoms with Crippen LogP contribution in [-0.2, 0) is 14.4 Å². The summed E-state index contributed by atoms with van der Waals surface area (Å²) < 4.78 is 0. The van der Waals surface area contributed by atoms with Gasteiger partial charge in [0.2, 0.25) is 11.8 Å². The topological polar surface area (TPSA) is 190 Å². The Morgan fingerprint density at radius 1 is 0.769 bits per heavy atom. The van der Waals surface area contributed by atoms with Crippen molar-refractivity contribution >= 4 is 17.6 Å². The number of hydrogen-bond acceptors (Lipinski definition) is 8. The number of Topliss-reactive ketones (excluding diaryl/α,β-unsaturated/α-hetero) is 1. The highest BCUT2D eigenvalue weighted by Gasteiger charge is 2.67. The van der Waals surface area contributed by atoms with Crippen LogP contribution in [0, 0.1) is 53.3 Å². The Morgan fingerprint density at radius 2 is 1.46 bits per heavy atom. The Morgan fingerprint density at radius 3 is 2.10 bits per heavy atom. The summed E-state index contributed by atoms with van der Waals surface area (Å²) in [6.45, 7) is 0. The van der Waals surface area contributed by atoms with Gasteiger partial charge in [-0.25, -0.2) is 0 Å². The number of fused-ring (bicyclic) bond motifs is 3. The van der Waals surface area contributed by atoms with Gasteiger partial charge in [-0.05, 0) is 100 Å². The standard InChI is InChI=1S/C29H44N2O8/c30-27(37)23-20(33)11-15-9-14-10-18-17(12-3-5-16(6-4-12)31-28(38)13-1-2-13)7-8-19(32)22(18)24(34)21(14)25(35)29(15,39)26(23)36/h12-23,25-26,32-33,35-36,39H,1-11H2,(H2,30,37)(H,31,38)/t12?,14-,15+,16?,17?,18?,19?,20?,21?,22?,23?,25?,26?,29+/m1/s1. The summed E-state index contributed by atoms with van der Waals surface area (Å²) in [5.74, 6) is -4.14. The molecule has 9 unspecified atom stereocenters. The minimum absolute atomic E-state index is 0.00633. The first-order valence-corrected chi connectivity index (χ1v) is 15.1. The van der Waals surface area contributed by atoms with Gasteiger partial charge in [0, 0.05) is 23.8 Å². The van der Waals surface area contributed by atoms with E-state index in [9.17, 15) is 39.9 Å². The zero-order valence-electron chi connectivity index (χ0n) is 22.4. The van der Waals surface area contributed by atoms with E-state index in [0.29, 0.717) is 25.2 Å². The normalized spacial score (nSPS) is 51.7. The first-order chi connectivity index (χ1) is 18.5. The lowest BCUT2D eigenvalue weighted by Gasteiger charge is -2.60. The molecule has 12 atom stereocenters. The first-order valence-electron chi connectivity index (χ1n) is 15.1. The lowest BCUT2D eigenvalue weighted by molar-refractivity contribution is -0.265. The third-order valence-electron chi connectivity index (χ3n) is 11.8. The maximum atomic E-state index is 14.0. The Balaban J connectivity index is 1.19. The number of primary amides is 1. The molecule has 6 fully saturated rings. The van der Waals surface area contributed by atoms with E-state index in [4.69, 9.17) is 5.73 Å². The van der Waals surface area contributed by atoms with Crippen LogP contribution in [0.2, 0.25) is 0 Å². The van der Waals surface area contributed by atoms with Crippen LogP contribution >= 0.6 is 0 Å². The monoisotopic (exact) mass is 548 g/mol. The molecule has 0 aromatic rings. The Hall–Kier alpha value is -1.59. The Labute approximate surface area is 228 Å². The van der Waals surface area contributed by atoms with Crippen molar-refractivity contribution in [3.63, 3.8) is 0 Å². The predicted octanol–water partition coefficient (Wildman–Crippen LogP) is -0.381. The lowest BCUT2D eigenvalue weighted by Crippen LogP contribution is -2.73. The summed E-state index contributed by atoms with van der Waals surface area (Å²) in [4.78, 5) is 38.2. The van der Waals surface area contributed by atoms with Gasteiger partial charge >= 0.3 is 0 Å². The molecule has 0 aromatic heterocycles. The molecular formula is C29H44N2O8. The fraction of sp³-hybridized carbons (Fsp3) is 0.897. The number of aliphatic hydroxyl groups excluding tert-OH is 4. The van der Waals surface area contributed by atoms with E-state index in [2.05, 4.69) is 5.32 Å². The highest BCUT2D eigenvalue weighted by atomic mass is 16.4. The molecule has 6 aliphatic rings. The van der Waals surface area contributed by atoms with Gasteiger partial charge in [0.15, 0.2) is 0 Å². The lowest BCUT2D eigenvalue weighted by atomic mass is 9.47. The van der Waals surface area contributed by atoms with Crippen LogP contribution in [0.5, 0.6) is 0 Å². The van der Waals surface area contributed by atoms with Crippen molar-refractivity contribution in [1.82, 2.24) is 5.32 Å². The number of hydrogen-bond donors (Lipinski definition) is 7.